The van der Waals surface area contributed by atoms with Crippen molar-refractivity contribution >= 4 is 5.91 Å². The molecule has 0 aliphatic carbocycles. The lowest BCUT2D eigenvalue weighted by molar-refractivity contribution is 0.0935. The van der Waals surface area contributed by atoms with E-state index < -0.39 is 0 Å². The van der Waals surface area contributed by atoms with Crippen molar-refractivity contribution in [3.05, 3.63) is 65.2 Å². The van der Waals surface area contributed by atoms with Crippen LogP contribution < -0.4 is 10.1 Å². The average Bonchev–Trinajstić information content (AvgIpc) is 3.23. The molecule has 0 spiro atoms. The summed E-state index contributed by atoms with van der Waals surface area (Å²) in [5.74, 6) is 0.520. The SMILES string of the molecule is CCc1ccc([C@@H](CNC(=O)c2ccccc2OC)N2CCCC2)cc1. The highest BCUT2D eigenvalue weighted by Crippen LogP contribution is 2.25. The van der Waals surface area contributed by atoms with Crippen LogP contribution in [0, 0.1) is 0 Å². The van der Waals surface area contributed by atoms with E-state index in [1.807, 2.05) is 18.2 Å². The summed E-state index contributed by atoms with van der Waals surface area (Å²) in [6, 6.07) is 16.4. The molecular formula is C22H28N2O2. The number of amides is 1. The van der Waals surface area contributed by atoms with Gasteiger partial charge in [-0.15, -0.1) is 0 Å². The minimum Gasteiger partial charge on any atom is -0.496 e. The summed E-state index contributed by atoms with van der Waals surface area (Å²) in [5, 5.41) is 3.12. The topological polar surface area (TPSA) is 41.6 Å². The van der Waals surface area contributed by atoms with E-state index in [1.54, 1.807) is 13.2 Å². The van der Waals surface area contributed by atoms with Gasteiger partial charge in [-0.2, -0.15) is 0 Å². The highest BCUT2D eigenvalue weighted by molar-refractivity contribution is 5.96. The highest BCUT2D eigenvalue weighted by atomic mass is 16.5. The number of methoxy groups -OCH3 is 1. The van der Waals surface area contributed by atoms with Gasteiger partial charge in [-0.05, 0) is 55.6 Å². The Morgan fingerprint density at radius 1 is 1.12 bits per heavy atom. The van der Waals surface area contributed by atoms with Crippen molar-refractivity contribution in [3.63, 3.8) is 0 Å². The van der Waals surface area contributed by atoms with Gasteiger partial charge in [0, 0.05) is 6.54 Å². The van der Waals surface area contributed by atoms with Crippen LogP contribution in [-0.2, 0) is 6.42 Å². The predicted octanol–water partition coefficient (Wildman–Crippen LogP) is 3.82. The Balaban J connectivity index is 1.74. The molecule has 1 aliphatic rings. The fourth-order valence-corrected chi connectivity index (χ4v) is 3.60. The van der Waals surface area contributed by atoms with Crippen LogP contribution in [0.3, 0.4) is 0 Å². The number of hydrogen-bond acceptors (Lipinski definition) is 3. The standard InChI is InChI=1S/C22H28N2O2/c1-3-17-10-12-18(13-11-17)20(24-14-6-7-15-24)16-23-22(25)19-8-4-5-9-21(19)26-2/h4-5,8-13,20H,3,6-7,14-16H2,1-2H3,(H,23,25)/t20-/m1/s1. The van der Waals surface area contributed by atoms with Crippen molar-refractivity contribution < 1.29 is 9.53 Å². The van der Waals surface area contributed by atoms with Crippen molar-refractivity contribution in [2.45, 2.75) is 32.2 Å². The second-order valence-corrected chi connectivity index (χ2v) is 6.76. The molecule has 3 rings (SSSR count). The van der Waals surface area contributed by atoms with Gasteiger partial charge in [0.25, 0.3) is 5.91 Å². The van der Waals surface area contributed by atoms with Gasteiger partial charge in [-0.1, -0.05) is 43.3 Å². The molecule has 1 fully saturated rings. The number of nitrogens with one attached hydrogen (secondary N) is 1. The maximum absolute atomic E-state index is 12.7. The number of benzene rings is 2. The lowest BCUT2D eigenvalue weighted by atomic mass is 10.0. The summed E-state index contributed by atoms with van der Waals surface area (Å²) < 4.78 is 5.31. The minimum atomic E-state index is -0.0863. The molecule has 4 nitrogen and oxygen atoms in total. The van der Waals surface area contributed by atoms with E-state index in [0.29, 0.717) is 17.9 Å². The number of aryl methyl sites for hydroxylation is 1. The molecule has 0 unspecified atom stereocenters. The Labute approximate surface area is 156 Å². The third kappa shape index (κ3) is 4.25. The van der Waals surface area contributed by atoms with Crippen molar-refractivity contribution in [1.82, 2.24) is 10.2 Å². The Hall–Kier alpha value is -2.33. The molecule has 1 N–H and O–H groups in total. The number of hydrogen-bond donors (Lipinski definition) is 1. The Bertz CT molecular complexity index is 721. The van der Waals surface area contributed by atoms with Gasteiger partial charge >= 0.3 is 0 Å². The van der Waals surface area contributed by atoms with Crippen LogP contribution in [0.5, 0.6) is 5.75 Å². The molecule has 26 heavy (non-hydrogen) atoms. The molecular weight excluding hydrogens is 324 g/mol. The maximum Gasteiger partial charge on any atom is 0.255 e. The van der Waals surface area contributed by atoms with Crippen molar-refractivity contribution in [3.8, 4) is 5.75 Å². The molecule has 1 saturated heterocycles. The molecule has 138 valence electrons. The summed E-state index contributed by atoms with van der Waals surface area (Å²) in [6.45, 7) is 4.94. The van der Waals surface area contributed by atoms with E-state index in [4.69, 9.17) is 4.74 Å². The summed E-state index contributed by atoms with van der Waals surface area (Å²) in [5.41, 5.74) is 3.19. The zero-order chi connectivity index (χ0) is 18.4. The molecule has 2 aromatic carbocycles. The molecule has 4 heteroatoms. The fourth-order valence-electron chi connectivity index (χ4n) is 3.60. The summed E-state index contributed by atoms with van der Waals surface area (Å²) >= 11 is 0. The molecule has 1 atom stereocenters. The van der Waals surface area contributed by atoms with Crippen LogP contribution >= 0.6 is 0 Å². The molecule has 0 saturated carbocycles. The molecule has 1 aliphatic heterocycles. The quantitative estimate of drug-likeness (QED) is 0.823. The number of carbonyl (C=O) groups excluding carboxylic acids is 1. The number of carbonyl (C=O) groups is 1. The van der Waals surface area contributed by atoms with Crippen molar-refractivity contribution in [2.75, 3.05) is 26.7 Å². The van der Waals surface area contributed by atoms with Crippen molar-refractivity contribution in [2.24, 2.45) is 0 Å². The fraction of sp³-hybridized carbons (Fsp3) is 0.409. The molecule has 2 aromatic rings. The average molecular weight is 352 g/mol. The monoisotopic (exact) mass is 352 g/mol. The Kier molecular flexibility index (Phi) is 6.29. The number of para-hydroxylation sites is 1. The minimum absolute atomic E-state index is 0.0863. The molecule has 0 bridgehead atoms. The van der Waals surface area contributed by atoms with Crippen LogP contribution in [0.2, 0.25) is 0 Å². The van der Waals surface area contributed by atoms with E-state index in [1.165, 1.54) is 24.0 Å². The normalized spacial score (nSPS) is 15.6. The summed E-state index contributed by atoms with van der Waals surface area (Å²) in [7, 11) is 1.59. The second kappa shape index (κ2) is 8.86. The lowest BCUT2D eigenvalue weighted by Gasteiger charge is -2.28. The van der Waals surface area contributed by atoms with E-state index in [0.717, 1.165) is 19.5 Å². The van der Waals surface area contributed by atoms with Crippen LogP contribution in [0.4, 0.5) is 0 Å². The van der Waals surface area contributed by atoms with E-state index >= 15 is 0 Å². The third-order valence-electron chi connectivity index (χ3n) is 5.16. The molecule has 0 radical (unpaired) electrons. The lowest BCUT2D eigenvalue weighted by Crippen LogP contribution is -2.36. The van der Waals surface area contributed by atoms with Gasteiger partial charge in [0.15, 0.2) is 0 Å². The summed E-state index contributed by atoms with van der Waals surface area (Å²) in [6.07, 6.45) is 3.49. The van der Waals surface area contributed by atoms with Gasteiger partial charge < -0.3 is 10.1 Å². The van der Waals surface area contributed by atoms with Gasteiger partial charge in [0.05, 0.1) is 18.7 Å². The second-order valence-electron chi connectivity index (χ2n) is 6.76. The zero-order valence-electron chi connectivity index (χ0n) is 15.7. The van der Waals surface area contributed by atoms with Gasteiger partial charge in [0.2, 0.25) is 0 Å². The zero-order valence-corrected chi connectivity index (χ0v) is 15.7. The number of ether oxygens (including phenoxy) is 1. The first-order valence-corrected chi connectivity index (χ1v) is 9.47. The van der Waals surface area contributed by atoms with Crippen molar-refractivity contribution in [1.29, 1.82) is 0 Å². The third-order valence-corrected chi connectivity index (χ3v) is 5.16. The Morgan fingerprint density at radius 2 is 1.81 bits per heavy atom. The molecule has 1 amide bonds. The van der Waals surface area contributed by atoms with E-state index in [9.17, 15) is 4.79 Å². The number of likely N-dealkylation sites (tertiary alicyclic amines) is 1. The van der Waals surface area contributed by atoms with Crippen LogP contribution in [0.15, 0.2) is 48.5 Å². The van der Waals surface area contributed by atoms with E-state index in [-0.39, 0.29) is 11.9 Å². The smallest absolute Gasteiger partial charge is 0.255 e. The number of nitrogens with zero attached hydrogens (tertiary/aromatic N) is 1. The highest BCUT2D eigenvalue weighted by Gasteiger charge is 2.24. The first-order chi connectivity index (χ1) is 12.7. The van der Waals surface area contributed by atoms with Gasteiger partial charge in [0.1, 0.15) is 5.75 Å². The van der Waals surface area contributed by atoms with E-state index in [2.05, 4.69) is 41.4 Å². The van der Waals surface area contributed by atoms with Gasteiger partial charge in [-0.25, -0.2) is 0 Å². The largest absolute Gasteiger partial charge is 0.496 e. The van der Waals surface area contributed by atoms with Crippen LogP contribution in [-0.4, -0.2) is 37.6 Å². The number of rotatable bonds is 7. The summed E-state index contributed by atoms with van der Waals surface area (Å²) in [4.78, 5) is 15.1. The Morgan fingerprint density at radius 3 is 2.46 bits per heavy atom. The van der Waals surface area contributed by atoms with Crippen LogP contribution in [0.1, 0.15) is 47.3 Å². The maximum atomic E-state index is 12.7. The predicted molar refractivity (Wildman–Crippen MR) is 105 cm³/mol. The molecule has 1 heterocycles. The van der Waals surface area contributed by atoms with Crippen LogP contribution in [0.25, 0.3) is 0 Å². The van der Waals surface area contributed by atoms with Gasteiger partial charge in [-0.3, -0.25) is 9.69 Å². The first kappa shape index (κ1) is 18.5. The first-order valence-electron chi connectivity index (χ1n) is 9.47. The molecule has 0 aromatic heterocycles.